The zero-order valence-electron chi connectivity index (χ0n) is 33.2. The van der Waals surface area contributed by atoms with Crippen molar-refractivity contribution in [2.75, 3.05) is 52.4 Å². The van der Waals surface area contributed by atoms with Crippen LogP contribution in [0.4, 0.5) is 4.79 Å². The number of nitrogens with one attached hydrogen (secondary N) is 3. The quantitative estimate of drug-likeness (QED) is 0.266. The molecule has 13 nitrogen and oxygen atoms in total. The zero-order valence-corrected chi connectivity index (χ0v) is 34.0. The van der Waals surface area contributed by atoms with Crippen molar-refractivity contribution in [2.45, 2.75) is 111 Å². The Balaban J connectivity index is 1.08. The molecule has 4 N–H and O–H groups in total. The predicted molar refractivity (Wildman–Crippen MR) is 210 cm³/mol. The predicted octanol–water partition coefficient (Wildman–Crippen LogP) is 3.93. The molecule has 0 saturated carbocycles. The number of ether oxygens (including phenoxy) is 1. The topological polar surface area (TPSA) is 156 Å². The van der Waals surface area contributed by atoms with Gasteiger partial charge in [0.15, 0.2) is 0 Å². The van der Waals surface area contributed by atoms with E-state index in [0.717, 1.165) is 80.1 Å². The van der Waals surface area contributed by atoms with Gasteiger partial charge in [0.25, 0.3) is 0 Å². The lowest BCUT2D eigenvalue weighted by Gasteiger charge is -2.47. The van der Waals surface area contributed by atoms with Gasteiger partial charge in [-0.3, -0.25) is 19.3 Å². The van der Waals surface area contributed by atoms with Gasteiger partial charge in [-0.15, -0.1) is 11.3 Å². The molecule has 3 fully saturated rings. The molecule has 3 saturated heterocycles. The first kappa shape index (κ1) is 41.6. The average molecular weight is 768 g/mol. The van der Waals surface area contributed by atoms with Gasteiger partial charge in [0.05, 0.1) is 28.7 Å². The van der Waals surface area contributed by atoms with Crippen LogP contribution in [0.25, 0.3) is 10.4 Å². The van der Waals surface area contributed by atoms with Crippen molar-refractivity contribution in [3.05, 3.63) is 41.0 Å². The number of hydrogen-bond donors (Lipinski definition) is 4. The Hall–Kier alpha value is -3.59. The summed E-state index contributed by atoms with van der Waals surface area (Å²) in [6.07, 6.45) is 3.15. The first-order valence-electron chi connectivity index (χ1n) is 19.4. The molecule has 2 aromatic rings. The third-order valence-electron chi connectivity index (χ3n) is 11.0. The first-order chi connectivity index (χ1) is 25.4. The third-order valence-corrected chi connectivity index (χ3v) is 12.0. The molecule has 3 aliphatic rings. The van der Waals surface area contributed by atoms with Crippen LogP contribution in [0.15, 0.2) is 29.8 Å². The summed E-state index contributed by atoms with van der Waals surface area (Å²) in [5.41, 5.74) is 3.93. The summed E-state index contributed by atoms with van der Waals surface area (Å²) in [5.74, 6) is -0.904. The Bertz CT molecular complexity index is 1600. The molecule has 0 aliphatic carbocycles. The third kappa shape index (κ3) is 11.2. The number of likely N-dealkylation sites (tertiary alicyclic amines) is 3. The summed E-state index contributed by atoms with van der Waals surface area (Å²) in [6.45, 7) is 18.7. The number of thiazole rings is 1. The number of β-amino-alcohol motifs (C(OH)–C–C–N with tert-alkyl or cyclic N) is 1. The fourth-order valence-corrected chi connectivity index (χ4v) is 8.57. The number of rotatable bonds is 11. The number of aliphatic hydroxyl groups excluding tert-OH is 1. The van der Waals surface area contributed by atoms with Crippen LogP contribution in [-0.2, 0) is 25.7 Å². The molecule has 54 heavy (non-hydrogen) atoms. The van der Waals surface area contributed by atoms with Crippen LogP contribution in [0.2, 0.25) is 0 Å². The van der Waals surface area contributed by atoms with Gasteiger partial charge in [0.1, 0.15) is 17.7 Å². The van der Waals surface area contributed by atoms with Crippen molar-refractivity contribution in [3.63, 3.8) is 0 Å². The molecule has 0 unspecified atom stereocenters. The van der Waals surface area contributed by atoms with Crippen LogP contribution in [0.3, 0.4) is 0 Å². The summed E-state index contributed by atoms with van der Waals surface area (Å²) in [5, 5.41) is 19.4. The highest BCUT2D eigenvalue weighted by Gasteiger charge is 2.45. The van der Waals surface area contributed by atoms with E-state index in [2.05, 4.69) is 30.7 Å². The van der Waals surface area contributed by atoms with Gasteiger partial charge in [-0.1, -0.05) is 45.0 Å². The van der Waals surface area contributed by atoms with Gasteiger partial charge in [-0.2, -0.15) is 0 Å². The SMILES string of the molecule is Cc1ncsc1-c1ccc(CNC(=O)[C@@H]2C[C@@H](O)CN2C(=O)[C@@H](NC(=O)CN2CCC3(CCN(CCNC(=O)OC(C)(C)C)CC3)CC2)C(C)(C)C)cc1. The van der Waals surface area contributed by atoms with Crippen LogP contribution in [0, 0.1) is 17.8 Å². The highest BCUT2D eigenvalue weighted by Crippen LogP contribution is 2.41. The van der Waals surface area contributed by atoms with Gasteiger partial charge in [-0.05, 0) is 102 Å². The lowest BCUT2D eigenvalue weighted by Crippen LogP contribution is -2.59. The smallest absolute Gasteiger partial charge is 0.407 e. The van der Waals surface area contributed by atoms with E-state index in [9.17, 15) is 24.3 Å². The number of aryl methyl sites for hydroxylation is 1. The summed E-state index contributed by atoms with van der Waals surface area (Å²) in [4.78, 5) is 64.4. The summed E-state index contributed by atoms with van der Waals surface area (Å²) < 4.78 is 5.33. The van der Waals surface area contributed by atoms with E-state index >= 15 is 0 Å². The number of alkyl carbamates (subject to hydrolysis) is 1. The molecule has 14 heteroatoms. The number of benzene rings is 1. The molecule has 1 spiro atoms. The van der Waals surface area contributed by atoms with E-state index in [0.29, 0.717) is 6.54 Å². The molecule has 1 aromatic heterocycles. The minimum atomic E-state index is -0.862. The van der Waals surface area contributed by atoms with Gasteiger partial charge in [-0.25, -0.2) is 9.78 Å². The number of hydrogen-bond acceptors (Lipinski definition) is 10. The molecular weight excluding hydrogens is 707 g/mol. The minimum Gasteiger partial charge on any atom is -0.444 e. The largest absolute Gasteiger partial charge is 0.444 e. The van der Waals surface area contributed by atoms with Crippen molar-refractivity contribution in [1.29, 1.82) is 0 Å². The van der Waals surface area contributed by atoms with Crippen LogP contribution >= 0.6 is 11.3 Å². The van der Waals surface area contributed by atoms with Crippen molar-refractivity contribution in [2.24, 2.45) is 10.8 Å². The average Bonchev–Trinajstić information content (AvgIpc) is 3.72. The first-order valence-corrected chi connectivity index (χ1v) is 20.3. The van der Waals surface area contributed by atoms with Crippen LogP contribution in [0.1, 0.15) is 84.9 Å². The van der Waals surface area contributed by atoms with E-state index in [1.807, 2.05) is 78.2 Å². The normalized spacial score (nSPS) is 21.4. The Morgan fingerprint density at radius 2 is 1.59 bits per heavy atom. The maximum atomic E-state index is 14.1. The van der Waals surface area contributed by atoms with E-state index in [1.54, 1.807) is 11.3 Å². The Morgan fingerprint density at radius 1 is 0.963 bits per heavy atom. The number of nitrogens with zero attached hydrogens (tertiary/aromatic N) is 4. The van der Waals surface area contributed by atoms with Gasteiger partial charge in [0, 0.05) is 32.6 Å². The summed E-state index contributed by atoms with van der Waals surface area (Å²) in [7, 11) is 0. The molecule has 3 atom stereocenters. The van der Waals surface area contributed by atoms with Gasteiger partial charge in [0.2, 0.25) is 17.7 Å². The Morgan fingerprint density at radius 3 is 2.17 bits per heavy atom. The van der Waals surface area contributed by atoms with Gasteiger partial charge < -0.3 is 35.6 Å². The number of amides is 4. The molecule has 0 bridgehead atoms. The second-order valence-electron chi connectivity index (χ2n) is 17.5. The molecule has 298 valence electrons. The van der Waals surface area contributed by atoms with E-state index < -0.39 is 29.2 Å². The lowest BCUT2D eigenvalue weighted by molar-refractivity contribution is -0.144. The van der Waals surface area contributed by atoms with Crippen molar-refractivity contribution in [3.8, 4) is 10.4 Å². The molecule has 3 aliphatic heterocycles. The number of aliphatic hydroxyl groups is 1. The Labute approximate surface area is 324 Å². The lowest BCUT2D eigenvalue weighted by atomic mass is 9.71. The van der Waals surface area contributed by atoms with E-state index in [-0.39, 0.29) is 55.3 Å². The highest BCUT2D eigenvalue weighted by atomic mass is 32.1. The summed E-state index contributed by atoms with van der Waals surface area (Å²) >= 11 is 1.59. The monoisotopic (exact) mass is 767 g/mol. The molecule has 1 aromatic carbocycles. The molecular formula is C40H61N7O6S. The molecule has 4 amide bonds. The fourth-order valence-electron chi connectivity index (χ4n) is 7.76. The van der Waals surface area contributed by atoms with Crippen LogP contribution in [-0.4, -0.2) is 125 Å². The van der Waals surface area contributed by atoms with Crippen molar-refractivity contribution in [1.82, 2.24) is 35.6 Å². The number of carbonyl (C=O) groups excluding carboxylic acids is 4. The van der Waals surface area contributed by atoms with Crippen LogP contribution in [0.5, 0.6) is 0 Å². The minimum absolute atomic E-state index is 0.0359. The van der Waals surface area contributed by atoms with Crippen molar-refractivity contribution >= 4 is 35.2 Å². The van der Waals surface area contributed by atoms with E-state index in [4.69, 9.17) is 4.74 Å². The molecule has 4 heterocycles. The number of aromatic nitrogens is 1. The maximum absolute atomic E-state index is 14.1. The fraction of sp³-hybridized carbons (Fsp3) is 0.675. The highest BCUT2D eigenvalue weighted by molar-refractivity contribution is 7.13. The maximum Gasteiger partial charge on any atom is 0.407 e. The van der Waals surface area contributed by atoms with Crippen LogP contribution < -0.4 is 16.0 Å². The molecule has 5 rings (SSSR count). The second kappa shape index (κ2) is 17.5. The van der Waals surface area contributed by atoms with E-state index in [1.165, 1.54) is 4.90 Å². The number of piperidine rings is 2. The second-order valence-corrected chi connectivity index (χ2v) is 18.3. The molecule has 0 radical (unpaired) electrons. The number of carbonyl (C=O) groups is 4. The van der Waals surface area contributed by atoms with Crippen molar-refractivity contribution < 1.29 is 29.0 Å². The Kier molecular flexibility index (Phi) is 13.5. The standard InChI is InChI=1S/C40H61N7O6S/c1-27-33(54-26-43-27)29-10-8-28(9-11-29)23-42-35(50)31-22-30(48)24-47(31)36(51)34(38(2,3)4)44-32(49)25-46-19-14-40(15-20-46)12-17-45(18-13-40)21-16-41-37(52)53-39(5,6)7/h8-11,26,30-31,34,48H,12-25H2,1-7H3,(H,41,52)(H,42,50)(H,44,49)/t30-,31+,34-/m1/s1. The van der Waals surface area contributed by atoms with Gasteiger partial charge >= 0.3 is 6.09 Å². The summed E-state index contributed by atoms with van der Waals surface area (Å²) in [6, 6.07) is 6.26. The zero-order chi connectivity index (χ0) is 39.3.